The van der Waals surface area contributed by atoms with E-state index in [0.717, 1.165) is 11.1 Å². The summed E-state index contributed by atoms with van der Waals surface area (Å²) in [5.74, 6) is -0.812. The number of amides is 1. The van der Waals surface area contributed by atoms with Gasteiger partial charge in [-0.05, 0) is 36.8 Å². The Morgan fingerprint density at radius 3 is 2.38 bits per heavy atom. The van der Waals surface area contributed by atoms with Crippen molar-refractivity contribution >= 4 is 29.2 Å². The van der Waals surface area contributed by atoms with E-state index in [1.165, 1.54) is 20.1 Å². The van der Waals surface area contributed by atoms with E-state index in [4.69, 9.17) is 21.1 Å². The highest BCUT2D eigenvalue weighted by Crippen LogP contribution is 2.28. The van der Waals surface area contributed by atoms with Crippen molar-refractivity contribution in [3.63, 3.8) is 0 Å². The monoisotopic (exact) mass is 409 g/mol. The maximum absolute atomic E-state index is 12.6. The van der Waals surface area contributed by atoms with E-state index in [1.807, 2.05) is 48.5 Å². The summed E-state index contributed by atoms with van der Waals surface area (Å²) in [6.45, 7) is 1.51. The van der Waals surface area contributed by atoms with Crippen LogP contribution in [0, 0.1) is 0 Å². The van der Waals surface area contributed by atoms with Gasteiger partial charge in [-0.1, -0.05) is 60.1 Å². The zero-order valence-corrected chi connectivity index (χ0v) is 16.8. The molecule has 29 heavy (non-hydrogen) atoms. The molecular formula is C23H20ClNO4. The second-order valence-corrected chi connectivity index (χ2v) is 6.73. The molecule has 3 aromatic carbocycles. The highest BCUT2D eigenvalue weighted by molar-refractivity contribution is 6.31. The predicted octanol–water partition coefficient (Wildman–Crippen LogP) is 5.20. The first kappa shape index (κ1) is 20.4. The maximum atomic E-state index is 12.6. The van der Waals surface area contributed by atoms with Crippen molar-refractivity contribution in [2.75, 3.05) is 12.4 Å². The number of esters is 1. The van der Waals surface area contributed by atoms with E-state index in [1.54, 1.807) is 18.2 Å². The van der Waals surface area contributed by atoms with Crippen LogP contribution < -0.4 is 10.1 Å². The second-order valence-electron chi connectivity index (χ2n) is 6.29. The number of para-hydroxylation sites is 1. The molecule has 148 valence electrons. The number of halogens is 1. The summed E-state index contributed by atoms with van der Waals surface area (Å²) in [5, 5.41) is 3.20. The maximum Gasteiger partial charge on any atom is 0.342 e. The van der Waals surface area contributed by atoms with E-state index in [0.29, 0.717) is 16.5 Å². The van der Waals surface area contributed by atoms with Gasteiger partial charge >= 0.3 is 5.97 Å². The normalized spacial score (nSPS) is 11.4. The van der Waals surface area contributed by atoms with Crippen LogP contribution in [0.4, 0.5) is 5.69 Å². The molecular weight excluding hydrogens is 390 g/mol. The molecule has 1 atom stereocenters. The fraction of sp³-hybridized carbons (Fsp3) is 0.130. The first-order chi connectivity index (χ1) is 14.0. The van der Waals surface area contributed by atoms with E-state index >= 15 is 0 Å². The Bertz CT molecular complexity index is 1020. The van der Waals surface area contributed by atoms with Gasteiger partial charge in [0, 0.05) is 16.3 Å². The number of rotatable bonds is 6. The molecule has 0 aliphatic carbocycles. The number of nitrogens with one attached hydrogen (secondary N) is 1. The SMILES string of the molecule is COc1ccc(Cl)cc1C(=O)O[C@@H](C)C(=O)Nc1ccccc1-c1ccccc1. The lowest BCUT2D eigenvalue weighted by Gasteiger charge is -2.16. The number of anilines is 1. The fourth-order valence-electron chi connectivity index (χ4n) is 2.81. The van der Waals surface area contributed by atoms with E-state index < -0.39 is 18.0 Å². The molecule has 0 unspecified atom stereocenters. The molecule has 0 aromatic heterocycles. The van der Waals surface area contributed by atoms with Crippen molar-refractivity contribution in [2.24, 2.45) is 0 Å². The minimum Gasteiger partial charge on any atom is -0.496 e. The van der Waals surface area contributed by atoms with Crippen LogP contribution >= 0.6 is 11.6 Å². The molecule has 0 aliphatic heterocycles. The second kappa shape index (κ2) is 9.26. The molecule has 6 heteroatoms. The number of carbonyl (C=O) groups excluding carboxylic acids is 2. The third-order valence-corrected chi connectivity index (χ3v) is 4.54. The Hall–Kier alpha value is -3.31. The van der Waals surface area contributed by atoms with E-state index in [2.05, 4.69) is 5.32 Å². The topological polar surface area (TPSA) is 64.6 Å². The number of carbonyl (C=O) groups is 2. The average molecular weight is 410 g/mol. The molecule has 1 N–H and O–H groups in total. The van der Waals surface area contributed by atoms with Crippen LogP contribution in [0.25, 0.3) is 11.1 Å². The van der Waals surface area contributed by atoms with Crippen molar-refractivity contribution in [1.82, 2.24) is 0 Å². The largest absolute Gasteiger partial charge is 0.496 e. The number of hydrogen-bond acceptors (Lipinski definition) is 4. The molecule has 3 rings (SSSR count). The molecule has 0 saturated heterocycles. The number of benzene rings is 3. The molecule has 0 spiro atoms. The van der Waals surface area contributed by atoms with Gasteiger partial charge in [-0.2, -0.15) is 0 Å². The molecule has 3 aromatic rings. The van der Waals surface area contributed by atoms with Gasteiger partial charge in [0.25, 0.3) is 5.91 Å². The molecule has 0 saturated carbocycles. The quantitative estimate of drug-likeness (QED) is 0.568. The molecule has 0 aliphatic rings. The van der Waals surface area contributed by atoms with Crippen LogP contribution in [0.1, 0.15) is 17.3 Å². The Labute approximate surface area is 174 Å². The molecule has 0 fully saturated rings. The lowest BCUT2D eigenvalue weighted by molar-refractivity contribution is -0.123. The van der Waals surface area contributed by atoms with Crippen LogP contribution in [0.15, 0.2) is 72.8 Å². The smallest absolute Gasteiger partial charge is 0.342 e. The summed E-state index contributed by atoms with van der Waals surface area (Å²) in [6, 6.07) is 21.8. The summed E-state index contributed by atoms with van der Waals surface area (Å²) in [5.41, 5.74) is 2.63. The van der Waals surface area contributed by atoms with Crippen molar-refractivity contribution < 1.29 is 19.1 Å². The van der Waals surface area contributed by atoms with Crippen LogP contribution in [0.2, 0.25) is 5.02 Å². The summed E-state index contributed by atoms with van der Waals surface area (Å²) in [7, 11) is 1.44. The zero-order valence-electron chi connectivity index (χ0n) is 16.0. The van der Waals surface area contributed by atoms with Gasteiger partial charge in [-0.3, -0.25) is 4.79 Å². The predicted molar refractivity (Wildman–Crippen MR) is 113 cm³/mol. The lowest BCUT2D eigenvalue weighted by atomic mass is 10.0. The van der Waals surface area contributed by atoms with Gasteiger partial charge in [-0.15, -0.1) is 0 Å². The van der Waals surface area contributed by atoms with Crippen molar-refractivity contribution in [3.05, 3.63) is 83.4 Å². The van der Waals surface area contributed by atoms with Gasteiger partial charge in [0.1, 0.15) is 11.3 Å². The Balaban J connectivity index is 1.74. The van der Waals surface area contributed by atoms with Crippen LogP contribution in [0.5, 0.6) is 5.75 Å². The van der Waals surface area contributed by atoms with Gasteiger partial charge < -0.3 is 14.8 Å². The third kappa shape index (κ3) is 4.95. The lowest BCUT2D eigenvalue weighted by Crippen LogP contribution is -2.30. The van der Waals surface area contributed by atoms with Crippen LogP contribution in [-0.4, -0.2) is 25.1 Å². The van der Waals surface area contributed by atoms with Crippen molar-refractivity contribution in [2.45, 2.75) is 13.0 Å². The first-order valence-corrected chi connectivity index (χ1v) is 9.37. The van der Waals surface area contributed by atoms with Gasteiger partial charge in [0.05, 0.1) is 7.11 Å². The summed E-state index contributed by atoms with van der Waals surface area (Å²) in [4.78, 5) is 25.1. The highest BCUT2D eigenvalue weighted by atomic mass is 35.5. The average Bonchev–Trinajstić information content (AvgIpc) is 2.74. The fourth-order valence-corrected chi connectivity index (χ4v) is 2.99. The zero-order chi connectivity index (χ0) is 20.8. The Morgan fingerprint density at radius 2 is 1.66 bits per heavy atom. The number of methoxy groups -OCH3 is 1. The molecule has 0 bridgehead atoms. The van der Waals surface area contributed by atoms with Gasteiger partial charge in [-0.25, -0.2) is 4.79 Å². The standard InChI is InChI=1S/C23H20ClNO4/c1-15(29-23(27)19-14-17(24)12-13-21(19)28-2)22(26)25-20-11-7-6-10-18(20)16-8-4-3-5-9-16/h3-15H,1-2H3,(H,25,26)/t15-/m0/s1. The van der Waals surface area contributed by atoms with E-state index in [-0.39, 0.29) is 5.56 Å². The molecule has 5 nitrogen and oxygen atoms in total. The molecule has 1 amide bonds. The Morgan fingerprint density at radius 1 is 0.966 bits per heavy atom. The van der Waals surface area contributed by atoms with Crippen molar-refractivity contribution in [3.8, 4) is 16.9 Å². The highest BCUT2D eigenvalue weighted by Gasteiger charge is 2.22. The summed E-state index contributed by atoms with van der Waals surface area (Å²) in [6.07, 6.45) is -1.02. The summed E-state index contributed by atoms with van der Waals surface area (Å²) < 4.78 is 10.5. The van der Waals surface area contributed by atoms with E-state index in [9.17, 15) is 9.59 Å². The summed E-state index contributed by atoms with van der Waals surface area (Å²) >= 11 is 5.96. The van der Waals surface area contributed by atoms with Crippen molar-refractivity contribution in [1.29, 1.82) is 0 Å². The van der Waals surface area contributed by atoms with Gasteiger partial charge in [0.2, 0.25) is 0 Å². The molecule has 0 heterocycles. The third-order valence-electron chi connectivity index (χ3n) is 4.30. The Kier molecular flexibility index (Phi) is 6.52. The van der Waals surface area contributed by atoms with Crippen LogP contribution in [-0.2, 0) is 9.53 Å². The van der Waals surface area contributed by atoms with Crippen LogP contribution in [0.3, 0.4) is 0 Å². The number of ether oxygens (including phenoxy) is 2. The van der Waals surface area contributed by atoms with Gasteiger partial charge in [0.15, 0.2) is 6.10 Å². The molecule has 0 radical (unpaired) electrons. The minimum atomic E-state index is -1.02. The minimum absolute atomic E-state index is 0.157. The first-order valence-electron chi connectivity index (χ1n) is 8.99. The number of hydrogen-bond donors (Lipinski definition) is 1.